The van der Waals surface area contributed by atoms with Crippen LogP contribution in [0, 0.1) is 0 Å². The van der Waals surface area contributed by atoms with E-state index in [-0.39, 0.29) is 24.3 Å². The molecule has 2 aromatic rings. The Balaban J connectivity index is 2.07. The van der Waals surface area contributed by atoms with Gasteiger partial charge in [0.05, 0.1) is 14.2 Å². The Morgan fingerprint density at radius 2 is 1.86 bits per heavy atom. The molecule has 114 valence electrons. The standard InChI is InChI=1S/C17H17NO4/c1-21-16-6-4-3-5-13(16)11-14(19)9-12-7-8-18-15(10-12)17(20)22-2/h3-8,10H,9,11H2,1-2H3. The minimum Gasteiger partial charge on any atom is -0.496 e. The van der Waals surface area contributed by atoms with E-state index >= 15 is 0 Å². The van der Waals surface area contributed by atoms with Gasteiger partial charge < -0.3 is 9.47 Å². The Labute approximate surface area is 128 Å². The first-order valence-corrected chi connectivity index (χ1v) is 6.81. The number of benzene rings is 1. The van der Waals surface area contributed by atoms with Crippen molar-refractivity contribution in [1.29, 1.82) is 0 Å². The average molecular weight is 299 g/mol. The summed E-state index contributed by atoms with van der Waals surface area (Å²) in [6.45, 7) is 0. The number of esters is 1. The maximum atomic E-state index is 12.2. The topological polar surface area (TPSA) is 65.5 Å². The van der Waals surface area contributed by atoms with Crippen molar-refractivity contribution in [2.75, 3.05) is 14.2 Å². The number of rotatable bonds is 6. The molecule has 5 nitrogen and oxygen atoms in total. The van der Waals surface area contributed by atoms with Gasteiger partial charge in [0.15, 0.2) is 0 Å². The number of carbonyl (C=O) groups is 2. The second-order valence-corrected chi connectivity index (χ2v) is 4.74. The van der Waals surface area contributed by atoms with Crippen LogP contribution in [0.5, 0.6) is 5.75 Å². The Kier molecular flexibility index (Phi) is 5.25. The van der Waals surface area contributed by atoms with Gasteiger partial charge in [0.1, 0.15) is 17.2 Å². The lowest BCUT2D eigenvalue weighted by molar-refractivity contribution is -0.117. The molecule has 0 saturated carbocycles. The summed E-state index contributed by atoms with van der Waals surface area (Å²) in [4.78, 5) is 27.6. The monoisotopic (exact) mass is 299 g/mol. The van der Waals surface area contributed by atoms with E-state index in [0.29, 0.717) is 5.75 Å². The van der Waals surface area contributed by atoms with Crippen LogP contribution < -0.4 is 4.74 Å². The highest BCUT2D eigenvalue weighted by Gasteiger charge is 2.12. The number of hydrogen-bond acceptors (Lipinski definition) is 5. The summed E-state index contributed by atoms with van der Waals surface area (Å²) in [6, 6.07) is 10.7. The molecule has 0 spiro atoms. The minimum absolute atomic E-state index is 0.0338. The Bertz CT molecular complexity index is 682. The number of hydrogen-bond donors (Lipinski definition) is 0. The van der Waals surface area contributed by atoms with Gasteiger partial charge in [0, 0.05) is 24.6 Å². The summed E-state index contributed by atoms with van der Waals surface area (Å²) in [5, 5.41) is 0. The number of aromatic nitrogens is 1. The second kappa shape index (κ2) is 7.36. The number of methoxy groups -OCH3 is 2. The van der Waals surface area contributed by atoms with E-state index in [1.54, 1.807) is 19.2 Å². The largest absolute Gasteiger partial charge is 0.496 e. The molecule has 2 rings (SSSR count). The normalized spacial score (nSPS) is 10.1. The average Bonchev–Trinajstić information content (AvgIpc) is 2.54. The van der Waals surface area contributed by atoms with E-state index in [1.165, 1.54) is 13.3 Å². The Morgan fingerprint density at radius 3 is 2.59 bits per heavy atom. The fraction of sp³-hybridized carbons (Fsp3) is 0.235. The summed E-state index contributed by atoms with van der Waals surface area (Å²) in [5.41, 5.74) is 1.78. The molecule has 0 unspecified atom stereocenters. The molecule has 5 heteroatoms. The summed E-state index contributed by atoms with van der Waals surface area (Å²) in [5.74, 6) is 0.214. The smallest absolute Gasteiger partial charge is 0.356 e. The van der Waals surface area contributed by atoms with Crippen molar-refractivity contribution >= 4 is 11.8 Å². The van der Waals surface area contributed by atoms with E-state index in [4.69, 9.17) is 4.74 Å². The third-order valence-electron chi connectivity index (χ3n) is 3.20. The summed E-state index contributed by atoms with van der Waals surface area (Å²) >= 11 is 0. The van der Waals surface area contributed by atoms with Gasteiger partial charge in [-0.15, -0.1) is 0 Å². The molecule has 1 heterocycles. The fourth-order valence-corrected chi connectivity index (χ4v) is 2.15. The highest BCUT2D eigenvalue weighted by molar-refractivity contribution is 5.88. The van der Waals surface area contributed by atoms with Gasteiger partial charge in [-0.25, -0.2) is 9.78 Å². The first-order valence-electron chi connectivity index (χ1n) is 6.81. The third-order valence-corrected chi connectivity index (χ3v) is 3.20. The zero-order valence-electron chi connectivity index (χ0n) is 12.5. The zero-order valence-corrected chi connectivity index (χ0v) is 12.5. The lowest BCUT2D eigenvalue weighted by Crippen LogP contribution is -2.10. The van der Waals surface area contributed by atoms with Gasteiger partial charge in [-0.1, -0.05) is 18.2 Å². The number of nitrogens with zero attached hydrogens (tertiary/aromatic N) is 1. The molecule has 0 aliphatic carbocycles. The van der Waals surface area contributed by atoms with Gasteiger partial charge in [0.25, 0.3) is 0 Å². The third kappa shape index (κ3) is 3.91. The predicted molar refractivity (Wildman–Crippen MR) is 81.0 cm³/mol. The Hall–Kier alpha value is -2.69. The summed E-state index contributed by atoms with van der Waals surface area (Å²) < 4.78 is 9.86. The van der Waals surface area contributed by atoms with Crippen LogP contribution in [0.1, 0.15) is 21.6 Å². The highest BCUT2D eigenvalue weighted by Crippen LogP contribution is 2.18. The number of ether oxygens (including phenoxy) is 2. The molecule has 22 heavy (non-hydrogen) atoms. The maximum Gasteiger partial charge on any atom is 0.356 e. The molecule has 0 atom stereocenters. The van der Waals surface area contributed by atoms with Crippen molar-refractivity contribution < 1.29 is 19.1 Å². The minimum atomic E-state index is -0.515. The maximum absolute atomic E-state index is 12.2. The van der Waals surface area contributed by atoms with E-state index < -0.39 is 5.97 Å². The number of ketones is 1. The van der Waals surface area contributed by atoms with Crippen molar-refractivity contribution in [3.05, 3.63) is 59.4 Å². The van der Waals surface area contributed by atoms with Crippen LogP contribution in [0.25, 0.3) is 0 Å². The molecule has 0 saturated heterocycles. The van der Waals surface area contributed by atoms with Gasteiger partial charge >= 0.3 is 5.97 Å². The predicted octanol–water partition coefficient (Wildman–Crippen LogP) is 2.23. The van der Waals surface area contributed by atoms with Crippen molar-refractivity contribution in [3.8, 4) is 5.75 Å². The summed E-state index contributed by atoms with van der Waals surface area (Å²) in [7, 11) is 2.87. The molecule has 1 aromatic carbocycles. The van der Waals surface area contributed by atoms with Crippen LogP contribution in [0.2, 0.25) is 0 Å². The molecular weight excluding hydrogens is 282 g/mol. The van der Waals surface area contributed by atoms with Gasteiger partial charge in [-0.05, 0) is 23.8 Å². The van der Waals surface area contributed by atoms with Gasteiger partial charge in [0.2, 0.25) is 0 Å². The molecule has 0 aliphatic rings. The number of pyridine rings is 1. The van der Waals surface area contributed by atoms with E-state index in [2.05, 4.69) is 9.72 Å². The van der Waals surface area contributed by atoms with E-state index in [0.717, 1.165) is 11.1 Å². The Morgan fingerprint density at radius 1 is 1.09 bits per heavy atom. The van der Waals surface area contributed by atoms with E-state index in [1.807, 2.05) is 24.3 Å². The van der Waals surface area contributed by atoms with Crippen LogP contribution in [-0.2, 0) is 22.4 Å². The highest BCUT2D eigenvalue weighted by atomic mass is 16.5. The van der Waals surface area contributed by atoms with Crippen LogP contribution >= 0.6 is 0 Å². The molecular formula is C17H17NO4. The van der Waals surface area contributed by atoms with Crippen LogP contribution in [0.4, 0.5) is 0 Å². The second-order valence-electron chi connectivity index (χ2n) is 4.74. The van der Waals surface area contributed by atoms with E-state index in [9.17, 15) is 9.59 Å². The van der Waals surface area contributed by atoms with Crippen molar-refractivity contribution in [2.45, 2.75) is 12.8 Å². The zero-order chi connectivity index (χ0) is 15.9. The first-order chi connectivity index (χ1) is 10.6. The lowest BCUT2D eigenvalue weighted by atomic mass is 10.0. The quantitative estimate of drug-likeness (QED) is 0.765. The SMILES string of the molecule is COC(=O)c1cc(CC(=O)Cc2ccccc2OC)ccn1. The van der Waals surface area contributed by atoms with Crippen LogP contribution in [-0.4, -0.2) is 31.0 Å². The number of para-hydroxylation sites is 1. The van der Waals surface area contributed by atoms with Crippen LogP contribution in [0.15, 0.2) is 42.6 Å². The number of carbonyl (C=O) groups excluding carboxylic acids is 2. The molecule has 0 amide bonds. The molecule has 0 fully saturated rings. The van der Waals surface area contributed by atoms with Crippen molar-refractivity contribution in [2.24, 2.45) is 0 Å². The first kappa shape index (κ1) is 15.7. The molecule has 0 bridgehead atoms. The van der Waals surface area contributed by atoms with Crippen molar-refractivity contribution in [3.63, 3.8) is 0 Å². The van der Waals surface area contributed by atoms with Crippen LogP contribution in [0.3, 0.4) is 0 Å². The molecule has 0 aliphatic heterocycles. The summed E-state index contributed by atoms with van der Waals surface area (Å²) in [6.07, 6.45) is 2.00. The fourth-order valence-electron chi connectivity index (χ4n) is 2.15. The van der Waals surface area contributed by atoms with Gasteiger partial charge in [-0.3, -0.25) is 4.79 Å². The molecule has 0 radical (unpaired) electrons. The molecule has 1 aromatic heterocycles. The van der Waals surface area contributed by atoms with Crippen molar-refractivity contribution in [1.82, 2.24) is 4.98 Å². The lowest BCUT2D eigenvalue weighted by Gasteiger charge is -2.07. The molecule has 0 N–H and O–H groups in total. The van der Waals surface area contributed by atoms with Gasteiger partial charge in [-0.2, -0.15) is 0 Å². The number of Topliss-reactive ketones (excluding diaryl/α,β-unsaturated/α-hetero) is 1.